The summed E-state index contributed by atoms with van der Waals surface area (Å²) in [6.45, 7) is 4.99. The van der Waals surface area contributed by atoms with Gasteiger partial charge in [-0.15, -0.1) is 0 Å². The first-order valence-corrected chi connectivity index (χ1v) is 12.5. The monoisotopic (exact) mass is 486 g/mol. The zero-order valence-corrected chi connectivity index (χ0v) is 20.3. The highest BCUT2D eigenvalue weighted by molar-refractivity contribution is 6.15. The second-order valence-electron chi connectivity index (χ2n) is 10.1. The molecule has 0 bridgehead atoms. The summed E-state index contributed by atoms with van der Waals surface area (Å²) in [7, 11) is 0. The van der Waals surface area contributed by atoms with Gasteiger partial charge in [0.15, 0.2) is 0 Å². The summed E-state index contributed by atoms with van der Waals surface area (Å²) in [5, 5.41) is 0. The Bertz CT molecular complexity index is 1390. The summed E-state index contributed by atoms with van der Waals surface area (Å²) in [6.07, 6.45) is 4.04. The quantitative estimate of drug-likeness (QED) is 0.543. The Hall–Kier alpha value is -3.45. The average Bonchev–Trinajstić information content (AvgIpc) is 3.27. The van der Waals surface area contributed by atoms with Crippen LogP contribution in [0.15, 0.2) is 53.7 Å². The molecule has 3 aromatic rings. The summed E-state index contributed by atoms with van der Waals surface area (Å²) >= 11 is 0. The van der Waals surface area contributed by atoms with Crippen LogP contribution in [0, 0.1) is 18.6 Å². The number of amides is 1. The third-order valence-corrected chi connectivity index (χ3v) is 7.58. The smallest absolute Gasteiger partial charge is 0.227 e. The highest BCUT2D eigenvalue weighted by atomic mass is 19.1. The van der Waals surface area contributed by atoms with Gasteiger partial charge in [0.1, 0.15) is 11.6 Å². The Kier molecular flexibility index (Phi) is 5.88. The predicted octanol–water partition coefficient (Wildman–Crippen LogP) is 4.57. The fourth-order valence-corrected chi connectivity index (χ4v) is 5.80. The molecule has 4 heterocycles. The fourth-order valence-electron chi connectivity index (χ4n) is 5.80. The molecule has 1 aromatic heterocycles. The molecule has 2 aromatic carbocycles. The lowest BCUT2D eigenvalue weighted by atomic mass is 9.90. The van der Waals surface area contributed by atoms with Crippen LogP contribution in [-0.4, -0.2) is 45.5 Å². The van der Waals surface area contributed by atoms with Gasteiger partial charge in [-0.1, -0.05) is 6.07 Å². The number of carbonyl (C=O) groups is 1. The normalized spacial score (nSPS) is 19.8. The van der Waals surface area contributed by atoms with Gasteiger partial charge in [0, 0.05) is 54.3 Å². The van der Waals surface area contributed by atoms with Gasteiger partial charge in [0.05, 0.1) is 18.7 Å². The SMILES string of the molecule is Cc1cc(C2=NCc3cc4c(cc32)CN([C@@H]2CCCN(Cc3cc(F)ccc3F)C2)C(=O)C4)ccn1. The molecule has 1 amide bonds. The van der Waals surface area contributed by atoms with Gasteiger partial charge in [-0.25, -0.2) is 8.78 Å². The van der Waals surface area contributed by atoms with Crippen molar-refractivity contribution in [3.05, 3.63) is 99.4 Å². The lowest BCUT2D eigenvalue weighted by Gasteiger charge is -2.41. The topological polar surface area (TPSA) is 48.8 Å². The molecule has 1 fully saturated rings. The summed E-state index contributed by atoms with van der Waals surface area (Å²) in [4.78, 5) is 26.4. The van der Waals surface area contributed by atoms with Crippen LogP contribution in [0.4, 0.5) is 8.78 Å². The lowest BCUT2D eigenvalue weighted by Crippen LogP contribution is -2.51. The van der Waals surface area contributed by atoms with Crippen molar-refractivity contribution in [2.24, 2.45) is 4.99 Å². The molecule has 6 rings (SSSR count). The number of piperidine rings is 1. The van der Waals surface area contributed by atoms with E-state index < -0.39 is 11.6 Å². The van der Waals surface area contributed by atoms with E-state index in [1.807, 2.05) is 24.1 Å². The number of nitrogens with zero attached hydrogens (tertiary/aromatic N) is 4. The van der Waals surface area contributed by atoms with Gasteiger partial charge < -0.3 is 4.90 Å². The van der Waals surface area contributed by atoms with E-state index in [1.54, 1.807) is 0 Å². The highest BCUT2D eigenvalue weighted by Crippen LogP contribution is 2.32. The number of fused-ring (bicyclic) bond motifs is 2. The number of benzene rings is 2. The van der Waals surface area contributed by atoms with Crippen molar-refractivity contribution in [2.45, 2.75) is 51.9 Å². The first-order valence-electron chi connectivity index (χ1n) is 12.5. The number of aryl methyl sites for hydroxylation is 1. The predicted molar refractivity (Wildman–Crippen MR) is 134 cm³/mol. The summed E-state index contributed by atoms with van der Waals surface area (Å²) in [5.74, 6) is -0.688. The molecule has 0 unspecified atom stereocenters. The number of rotatable bonds is 4. The molecular weight excluding hydrogens is 458 g/mol. The van der Waals surface area contributed by atoms with Crippen molar-refractivity contribution in [1.29, 1.82) is 0 Å². The Labute approximate surface area is 209 Å². The third-order valence-electron chi connectivity index (χ3n) is 7.58. The van der Waals surface area contributed by atoms with E-state index in [9.17, 15) is 13.6 Å². The van der Waals surface area contributed by atoms with E-state index in [0.29, 0.717) is 38.2 Å². The van der Waals surface area contributed by atoms with Crippen LogP contribution in [0.1, 0.15) is 51.9 Å². The molecule has 0 radical (unpaired) electrons. The van der Waals surface area contributed by atoms with Crippen LogP contribution >= 0.6 is 0 Å². The molecule has 3 aliphatic heterocycles. The molecule has 3 aliphatic rings. The van der Waals surface area contributed by atoms with E-state index in [0.717, 1.165) is 53.5 Å². The fraction of sp³-hybridized carbons (Fsp3) is 0.345. The van der Waals surface area contributed by atoms with Gasteiger partial charge in [-0.2, -0.15) is 0 Å². The van der Waals surface area contributed by atoms with E-state index in [1.165, 1.54) is 23.3 Å². The van der Waals surface area contributed by atoms with Gasteiger partial charge in [-0.3, -0.25) is 19.7 Å². The highest BCUT2D eigenvalue weighted by Gasteiger charge is 2.33. The van der Waals surface area contributed by atoms with Crippen molar-refractivity contribution in [2.75, 3.05) is 13.1 Å². The second kappa shape index (κ2) is 9.21. The minimum atomic E-state index is -0.430. The second-order valence-corrected chi connectivity index (χ2v) is 10.1. The average molecular weight is 487 g/mol. The number of aromatic nitrogens is 1. The van der Waals surface area contributed by atoms with Gasteiger partial charge in [0.2, 0.25) is 5.91 Å². The molecule has 1 atom stereocenters. The molecule has 0 aliphatic carbocycles. The summed E-state index contributed by atoms with van der Waals surface area (Å²) in [5.41, 5.74) is 7.94. The van der Waals surface area contributed by atoms with Gasteiger partial charge in [0.25, 0.3) is 0 Å². The summed E-state index contributed by atoms with van der Waals surface area (Å²) in [6, 6.07) is 12.1. The summed E-state index contributed by atoms with van der Waals surface area (Å²) < 4.78 is 27.9. The number of carbonyl (C=O) groups excluding carboxylic acids is 1. The number of pyridine rings is 1. The Morgan fingerprint density at radius 2 is 1.94 bits per heavy atom. The van der Waals surface area contributed by atoms with Crippen LogP contribution in [0.5, 0.6) is 0 Å². The van der Waals surface area contributed by atoms with Gasteiger partial charge >= 0.3 is 0 Å². The molecule has 1 saturated heterocycles. The number of hydrogen-bond acceptors (Lipinski definition) is 4. The molecule has 5 nitrogen and oxygen atoms in total. The zero-order valence-electron chi connectivity index (χ0n) is 20.3. The van der Waals surface area contributed by atoms with Crippen LogP contribution in [0.3, 0.4) is 0 Å². The number of hydrogen-bond donors (Lipinski definition) is 0. The maximum atomic E-state index is 14.2. The Balaban J connectivity index is 1.22. The number of halogens is 2. The first kappa shape index (κ1) is 23.0. The van der Waals surface area contributed by atoms with E-state index >= 15 is 0 Å². The molecule has 0 spiro atoms. The largest absolute Gasteiger partial charge is 0.334 e. The maximum absolute atomic E-state index is 14.2. The minimum absolute atomic E-state index is 0.0558. The van der Waals surface area contributed by atoms with Gasteiger partial charge in [-0.05, 0) is 79.4 Å². The molecular formula is C29H28F2N4O. The lowest BCUT2D eigenvalue weighted by molar-refractivity contribution is -0.135. The molecule has 7 heteroatoms. The molecule has 184 valence electrons. The van der Waals surface area contributed by atoms with Crippen LogP contribution < -0.4 is 0 Å². The van der Waals surface area contributed by atoms with Crippen molar-refractivity contribution < 1.29 is 13.6 Å². The maximum Gasteiger partial charge on any atom is 0.227 e. The van der Waals surface area contributed by atoms with Crippen molar-refractivity contribution in [3.63, 3.8) is 0 Å². The molecule has 0 saturated carbocycles. The van der Waals surface area contributed by atoms with Crippen molar-refractivity contribution >= 4 is 11.6 Å². The first-order chi connectivity index (χ1) is 17.4. The molecule has 36 heavy (non-hydrogen) atoms. The Morgan fingerprint density at radius 3 is 2.81 bits per heavy atom. The van der Waals surface area contributed by atoms with E-state index in [2.05, 4.69) is 28.1 Å². The van der Waals surface area contributed by atoms with E-state index in [-0.39, 0.29) is 11.9 Å². The van der Waals surface area contributed by atoms with Crippen molar-refractivity contribution in [1.82, 2.24) is 14.8 Å². The number of likely N-dealkylation sites (tertiary alicyclic amines) is 1. The third kappa shape index (κ3) is 4.32. The van der Waals surface area contributed by atoms with Crippen LogP contribution in [0.25, 0.3) is 0 Å². The molecule has 0 N–H and O–H groups in total. The number of aliphatic imine (C=N–C) groups is 1. The van der Waals surface area contributed by atoms with Crippen LogP contribution in [-0.2, 0) is 30.8 Å². The van der Waals surface area contributed by atoms with Crippen LogP contribution in [0.2, 0.25) is 0 Å². The van der Waals surface area contributed by atoms with Crippen molar-refractivity contribution in [3.8, 4) is 0 Å². The standard InChI is InChI=1S/C29H28F2N4O/c1-18-9-19(6-7-32-18)29-26-12-22-16-35(28(36)13-20(22)10-21(26)14-33-29)25-3-2-8-34(17-25)15-23-11-24(30)4-5-27(23)31/h4-7,9-12,25H,2-3,8,13-17H2,1H3/t25-/m1/s1. The zero-order chi connectivity index (χ0) is 24.8. The Morgan fingerprint density at radius 1 is 1.06 bits per heavy atom. The minimum Gasteiger partial charge on any atom is -0.334 e. The van der Waals surface area contributed by atoms with E-state index in [4.69, 9.17) is 4.99 Å².